The molecule has 5 heteroatoms. The van der Waals surface area contributed by atoms with Crippen LogP contribution >= 0.6 is 0 Å². The zero-order chi connectivity index (χ0) is 16.4. The highest BCUT2D eigenvalue weighted by Crippen LogP contribution is 2.27. The molecule has 0 unspecified atom stereocenters. The van der Waals surface area contributed by atoms with Crippen molar-refractivity contribution in [2.75, 3.05) is 0 Å². The normalized spacial score (nSPS) is 11.7. The van der Waals surface area contributed by atoms with Crippen LogP contribution in [0.3, 0.4) is 0 Å². The lowest BCUT2D eigenvalue weighted by Crippen LogP contribution is -2.11. The van der Waals surface area contributed by atoms with Crippen molar-refractivity contribution in [2.24, 2.45) is 5.73 Å². The lowest BCUT2D eigenvalue weighted by atomic mass is 9.87. The van der Waals surface area contributed by atoms with Gasteiger partial charge in [-0.05, 0) is 35.2 Å². The predicted molar refractivity (Wildman–Crippen MR) is 91.2 cm³/mol. The Labute approximate surface area is 136 Å². The van der Waals surface area contributed by atoms with Crippen LogP contribution in [0, 0.1) is 0 Å². The summed E-state index contributed by atoms with van der Waals surface area (Å²) < 4.78 is 1.83. The molecule has 0 atom stereocenters. The SMILES string of the molecule is CC(C)(C)c1ccc(-n2nnc(CN)c2-c2cccnc2)cc1. The lowest BCUT2D eigenvalue weighted by molar-refractivity contribution is 0.590. The van der Waals surface area contributed by atoms with Gasteiger partial charge in [-0.15, -0.1) is 5.10 Å². The van der Waals surface area contributed by atoms with Crippen LogP contribution in [0.15, 0.2) is 48.8 Å². The van der Waals surface area contributed by atoms with Crippen molar-refractivity contribution in [1.29, 1.82) is 0 Å². The highest BCUT2D eigenvalue weighted by atomic mass is 15.4. The minimum atomic E-state index is 0.121. The maximum atomic E-state index is 5.82. The standard InChI is InChI=1S/C18H21N5/c1-18(2,3)14-6-8-15(9-7-14)23-17(16(11-19)21-22-23)13-5-4-10-20-12-13/h4-10,12H,11,19H2,1-3H3. The maximum Gasteiger partial charge on any atom is 0.105 e. The molecule has 23 heavy (non-hydrogen) atoms. The second kappa shape index (κ2) is 5.93. The van der Waals surface area contributed by atoms with Crippen LogP contribution < -0.4 is 5.73 Å². The van der Waals surface area contributed by atoms with E-state index in [2.05, 4.69) is 60.3 Å². The lowest BCUT2D eigenvalue weighted by Gasteiger charge is -2.19. The zero-order valence-corrected chi connectivity index (χ0v) is 13.7. The van der Waals surface area contributed by atoms with E-state index in [1.165, 1.54) is 5.56 Å². The summed E-state index contributed by atoms with van der Waals surface area (Å²) in [6.45, 7) is 6.94. The summed E-state index contributed by atoms with van der Waals surface area (Å²) in [6.07, 6.45) is 3.55. The van der Waals surface area contributed by atoms with E-state index in [0.29, 0.717) is 6.54 Å². The van der Waals surface area contributed by atoms with E-state index in [4.69, 9.17) is 5.73 Å². The van der Waals surface area contributed by atoms with Crippen molar-refractivity contribution < 1.29 is 0 Å². The third kappa shape index (κ3) is 3.00. The van der Waals surface area contributed by atoms with Crippen molar-refractivity contribution in [3.05, 3.63) is 60.0 Å². The molecule has 0 aliphatic carbocycles. The Morgan fingerprint density at radius 3 is 2.39 bits per heavy atom. The summed E-state index contributed by atoms with van der Waals surface area (Å²) in [5.74, 6) is 0. The van der Waals surface area contributed by atoms with Gasteiger partial charge in [0, 0.05) is 24.5 Å². The minimum Gasteiger partial charge on any atom is -0.325 e. The molecule has 2 N–H and O–H groups in total. The van der Waals surface area contributed by atoms with Crippen LogP contribution in [0.5, 0.6) is 0 Å². The van der Waals surface area contributed by atoms with Gasteiger partial charge >= 0.3 is 0 Å². The molecule has 3 aromatic rings. The van der Waals surface area contributed by atoms with Gasteiger partial charge in [-0.1, -0.05) is 38.1 Å². The Kier molecular flexibility index (Phi) is 3.96. The molecule has 118 valence electrons. The minimum absolute atomic E-state index is 0.121. The fraction of sp³-hybridized carbons (Fsp3) is 0.278. The molecular formula is C18H21N5. The molecule has 0 aliphatic heterocycles. The number of aromatic nitrogens is 4. The van der Waals surface area contributed by atoms with Crippen molar-refractivity contribution in [3.63, 3.8) is 0 Å². The van der Waals surface area contributed by atoms with Crippen molar-refractivity contribution in [1.82, 2.24) is 20.0 Å². The summed E-state index contributed by atoms with van der Waals surface area (Å²) in [6, 6.07) is 12.3. The predicted octanol–water partition coefficient (Wildman–Crippen LogP) is 3.09. The first-order valence-corrected chi connectivity index (χ1v) is 7.66. The summed E-state index contributed by atoms with van der Waals surface area (Å²) in [5.41, 5.74) is 10.8. The molecule has 0 bridgehead atoms. The van der Waals surface area contributed by atoms with E-state index in [1.807, 2.05) is 16.8 Å². The van der Waals surface area contributed by atoms with E-state index >= 15 is 0 Å². The van der Waals surface area contributed by atoms with Gasteiger partial charge in [0.2, 0.25) is 0 Å². The number of rotatable bonds is 3. The van der Waals surface area contributed by atoms with E-state index in [1.54, 1.807) is 12.4 Å². The van der Waals surface area contributed by atoms with E-state index < -0.39 is 0 Å². The van der Waals surface area contributed by atoms with Crippen LogP contribution in [-0.4, -0.2) is 20.0 Å². The van der Waals surface area contributed by atoms with E-state index in [0.717, 1.165) is 22.6 Å². The Balaban J connectivity index is 2.09. The largest absolute Gasteiger partial charge is 0.325 e. The summed E-state index contributed by atoms with van der Waals surface area (Å²) in [4.78, 5) is 4.19. The third-order valence-corrected chi connectivity index (χ3v) is 3.85. The topological polar surface area (TPSA) is 69.6 Å². The van der Waals surface area contributed by atoms with Gasteiger partial charge < -0.3 is 5.73 Å². The van der Waals surface area contributed by atoms with Gasteiger partial charge in [-0.2, -0.15) is 0 Å². The number of nitrogens with two attached hydrogens (primary N) is 1. The van der Waals surface area contributed by atoms with Gasteiger partial charge in [-0.3, -0.25) is 4.98 Å². The Morgan fingerprint density at radius 1 is 1.09 bits per heavy atom. The van der Waals surface area contributed by atoms with Gasteiger partial charge in [0.05, 0.1) is 5.69 Å². The van der Waals surface area contributed by atoms with Gasteiger partial charge in [-0.25, -0.2) is 4.68 Å². The van der Waals surface area contributed by atoms with Crippen LogP contribution in [0.4, 0.5) is 0 Å². The molecule has 5 nitrogen and oxygen atoms in total. The molecular weight excluding hydrogens is 286 g/mol. The zero-order valence-electron chi connectivity index (χ0n) is 13.7. The number of nitrogens with zero attached hydrogens (tertiary/aromatic N) is 4. The monoisotopic (exact) mass is 307 g/mol. The van der Waals surface area contributed by atoms with Gasteiger partial charge in [0.15, 0.2) is 0 Å². The average Bonchev–Trinajstić information content (AvgIpc) is 2.99. The summed E-state index contributed by atoms with van der Waals surface area (Å²) in [7, 11) is 0. The number of pyridine rings is 1. The van der Waals surface area contributed by atoms with Crippen LogP contribution in [0.25, 0.3) is 16.9 Å². The molecule has 0 radical (unpaired) electrons. The molecule has 2 heterocycles. The summed E-state index contributed by atoms with van der Waals surface area (Å²) >= 11 is 0. The Morgan fingerprint density at radius 2 is 1.83 bits per heavy atom. The molecule has 0 spiro atoms. The first-order chi connectivity index (χ1) is 11.0. The molecule has 0 amide bonds. The van der Waals surface area contributed by atoms with Crippen molar-refractivity contribution >= 4 is 0 Å². The molecule has 0 aliphatic rings. The molecule has 0 saturated carbocycles. The first-order valence-electron chi connectivity index (χ1n) is 7.66. The average molecular weight is 307 g/mol. The molecule has 0 fully saturated rings. The van der Waals surface area contributed by atoms with Crippen LogP contribution in [0.2, 0.25) is 0 Å². The second-order valence-corrected chi connectivity index (χ2v) is 6.54. The van der Waals surface area contributed by atoms with Gasteiger partial charge in [0.25, 0.3) is 0 Å². The van der Waals surface area contributed by atoms with Gasteiger partial charge in [0.1, 0.15) is 11.4 Å². The Hall–Kier alpha value is -2.53. The van der Waals surface area contributed by atoms with Crippen LogP contribution in [0.1, 0.15) is 32.0 Å². The number of benzene rings is 1. The van der Waals surface area contributed by atoms with Crippen molar-refractivity contribution in [3.8, 4) is 16.9 Å². The maximum absolute atomic E-state index is 5.82. The fourth-order valence-corrected chi connectivity index (χ4v) is 2.53. The molecule has 0 saturated heterocycles. The molecule has 1 aromatic carbocycles. The Bertz CT molecular complexity index is 783. The number of hydrogen-bond acceptors (Lipinski definition) is 4. The fourth-order valence-electron chi connectivity index (χ4n) is 2.53. The summed E-state index contributed by atoms with van der Waals surface area (Å²) in [5, 5.41) is 8.50. The first kappa shape index (κ1) is 15.4. The molecule has 3 rings (SSSR count). The molecule has 2 aromatic heterocycles. The quantitative estimate of drug-likeness (QED) is 0.807. The van der Waals surface area contributed by atoms with E-state index in [9.17, 15) is 0 Å². The number of hydrogen-bond donors (Lipinski definition) is 1. The van der Waals surface area contributed by atoms with Crippen LogP contribution in [-0.2, 0) is 12.0 Å². The highest BCUT2D eigenvalue weighted by molar-refractivity contribution is 5.63. The second-order valence-electron chi connectivity index (χ2n) is 6.54. The smallest absolute Gasteiger partial charge is 0.105 e. The third-order valence-electron chi connectivity index (χ3n) is 3.85. The van der Waals surface area contributed by atoms with Crippen molar-refractivity contribution in [2.45, 2.75) is 32.7 Å². The van der Waals surface area contributed by atoms with E-state index in [-0.39, 0.29) is 5.41 Å². The highest BCUT2D eigenvalue weighted by Gasteiger charge is 2.17.